The molecule has 0 aliphatic heterocycles. The fraction of sp³-hybridized carbons (Fsp3) is 0.214. The number of aromatic nitrogens is 2. The van der Waals surface area contributed by atoms with Crippen LogP contribution in [0.25, 0.3) is 0 Å². The van der Waals surface area contributed by atoms with Crippen LogP contribution in [-0.4, -0.2) is 27.8 Å². The lowest BCUT2D eigenvalue weighted by molar-refractivity contribution is 0.0783. The van der Waals surface area contributed by atoms with Crippen molar-refractivity contribution in [2.45, 2.75) is 13.5 Å². The number of hydrogen-bond donors (Lipinski definition) is 2. The number of nitrogen functional groups attached to an aromatic ring is 1. The Bertz CT molecular complexity index is 600. The van der Waals surface area contributed by atoms with E-state index in [0.717, 1.165) is 11.4 Å². The molecule has 0 radical (unpaired) electrons. The van der Waals surface area contributed by atoms with Crippen molar-refractivity contribution in [2.75, 3.05) is 12.5 Å². The molecule has 0 bridgehead atoms. The number of nitrogens with one attached hydrogen (secondary N) is 1. The first-order chi connectivity index (χ1) is 9.60. The SMILES string of the molecule is Cc1cc(C(=O)N(C)Cc2ccccn2)cc(NN)n1. The van der Waals surface area contributed by atoms with Gasteiger partial charge in [0.25, 0.3) is 5.91 Å². The molecule has 3 N–H and O–H groups in total. The van der Waals surface area contributed by atoms with Gasteiger partial charge in [-0.1, -0.05) is 6.07 Å². The molecule has 0 saturated carbocycles. The number of anilines is 1. The van der Waals surface area contributed by atoms with Gasteiger partial charge in [-0.15, -0.1) is 0 Å². The van der Waals surface area contributed by atoms with Crippen LogP contribution in [0, 0.1) is 6.92 Å². The summed E-state index contributed by atoms with van der Waals surface area (Å²) in [6.07, 6.45) is 1.71. The Labute approximate surface area is 117 Å². The standard InChI is InChI=1S/C14H17N5O/c1-10-7-11(8-13(17-10)18-15)14(20)19(2)9-12-5-3-4-6-16-12/h3-8H,9,15H2,1-2H3,(H,17,18). The van der Waals surface area contributed by atoms with Gasteiger partial charge in [0.2, 0.25) is 0 Å². The Balaban J connectivity index is 2.16. The van der Waals surface area contributed by atoms with Crippen LogP contribution in [0.1, 0.15) is 21.7 Å². The molecular formula is C14H17N5O. The number of aryl methyl sites for hydroxylation is 1. The summed E-state index contributed by atoms with van der Waals surface area (Å²) >= 11 is 0. The second-order valence-electron chi connectivity index (χ2n) is 4.51. The highest BCUT2D eigenvalue weighted by molar-refractivity contribution is 5.94. The summed E-state index contributed by atoms with van der Waals surface area (Å²) in [5.74, 6) is 5.71. The van der Waals surface area contributed by atoms with Crippen molar-refractivity contribution >= 4 is 11.7 Å². The zero-order valence-electron chi connectivity index (χ0n) is 11.5. The van der Waals surface area contributed by atoms with Gasteiger partial charge < -0.3 is 10.3 Å². The maximum Gasteiger partial charge on any atom is 0.254 e. The predicted molar refractivity (Wildman–Crippen MR) is 76.8 cm³/mol. The van der Waals surface area contributed by atoms with E-state index in [1.54, 1.807) is 30.3 Å². The quantitative estimate of drug-likeness (QED) is 0.647. The van der Waals surface area contributed by atoms with Crippen molar-refractivity contribution in [3.63, 3.8) is 0 Å². The first kappa shape index (κ1) is 14.0. The van der Waals surface area contributed by atoms with Crippen LogP contribution >= 0.6 is 0 Å². The first-order valence-electron chi connectivity index (χ1n) is 6.21. The van der Waals surface area contributed by atoms with Gasteiger partial charge in [-0.25, -0.2) is 10.8 Å². The summed E-state index contributed by atoms with van der Waals surface area (Å²) in [6, 6.07) is 8.99. The minimum atomic E-state index is -0.0994. The van der Waals surface area contributed by atoms with Crippen LogP contribution < -0.4 is 11.3 Å². The van der Waals surface area contributed by atoms with Crippen LogP contribution in [0.2, 0.25) is 0 Å². The minimum absolute atomic E-state index is 0.0994. The summed E-state index contributed by atoms with van der Waals surface area (Å²) in [7, 11) is 1.74. The first-order valence-corrected chi connectivity index (χ1v) is 6.21. The Morgan fingerprint density at radius 1 is 1.40 bits per heavy atom. The predicted octanol–water partition coefficient (Wildman–Crippen LogP) is 1.34. The Hall–Kier alpha value is -2.47. The van der Waals surface area contributed by atoms with Crippen molar-refractivity contribution in [3.05, 3.63) is 53.5 Å². The molecule has 20 heavy (non-hydrogen) atoms. The fourth-order valence-corrected chi connectivity index (χ4v) is 1.89. The number of hydrazine groups is 1. The third-order valence-electron chi connectivity index (χ3n) is 2.82. The molecule has 2 heterocycles. The molecule has 0 spiro atoms. The summed E-state index contributed by atoms with van der Waals surface area (Å²) in [6.45, 7) is 2.27. The van der Waals surface area contributed by atoms with Gasteiger partial charge in [-0.3, -0.25) is 9.78 Å². The molecule has 2 rings (SSSR count). The maximum absolute atomic E-state index is 12.4. The molecule has 0 saturated heterocycles. The van der Waals surface area contributed by atoms with E-state index >= 15 is 0 Å². The molecule has 0 atom stereocenters. The summed E-state index contributed by atoms with van der Waals surface area (Å²) < 4.78 is 0. The van der Waals surface area contributed by atoms with E-state index in [1.807, 2.05) is 25.1 Å². The molecule has 0 fully saturated rings. The highest BCUT2D eigenvalue weighted by atomic mass is 16.2. The number of amides is 1. The lowest BCUT2D eigenvalue weighted by Crippen LogP contribution is -2.27. The smallest absolute Gasteiger partial charge is 0.254 e. The fourth-order valence-electron chi connectivity index (χ4n) is 1.89. The van der Waals surface area contributed by atoms with E-state index < -0.39 is 0 Å². The van der Waals surface area contributed by atoms with Gasteiger partial charge in [0, 0.05) is 24.5 Å². The van der Waals surface area contributed by atoms with Crippen molar-refractivity contribution in [1.29, 1.82) is 0 Å². The second-order valence-corrected chi connectivity index (χ2v) is 4.51. The zero-order chi connectivity index (χ0) is 14.5. The minimum Gasteiger partial charge on any atom is -0.336 e. The average Bonchev–Trinajstić information content (AvgIpc) is 2.46. The van der Waals surface area contributed by atoms with Crippen molar-refractivity contribution in [2.24, 2.45) is 5.84 Å². The van der Waals surface area contributed by atoms with Gasteiger partial charge in [0.05, 0.1) is 12.2 Å². The van der Waals surface area contributed by atoms with Crippen LogP contribution in [0.3, 0.4) is 0 Å². The van der Waals surface area contributed by atoms with E-state index in [2.05, 4.69) is 15.4 Å². The third kappa shape index (κ3) is 3.30. The van der Waals surface area contributed by atoms with E-state index in [4.69, 9.17) is 5.84 Å². The lowest BCUT2D eigenvalue weighted by Gasteiger charge is -2.17. The summed E-state index contributed by atoms with van der Waals surface area (Å²) in [4.78, 5) is 22.3. The van der Waals surface area contributed by atoms with E-state index in [9.17, 15) is 4.79 Å². The largest absolute Gasteiger partial charge is 0.336 e. The molecule has 104 valence electrons. The molecule has 0 aliphatic rings. The van der Waals surface area contributed by atoms with Crippen molar-refractivity contribution in [1.82, 2.24) is 14.9 Å². The number of carbonyl (C=O) groups is 1. The van der Waals surface area contributed by atoms with Crippen LogP contribution in [-0.2, 0) is 6.54 Å². The molecular weight excluding hydrogens is 254 g/mol. The Morgan fingerprint density at radius 3 is 2.85 bits per heavy atom. The van der Waals surface area contributed by atoms with Crippen molar-refractivity contribution < 1.29 is 4.79 Å². The molecule has 6 nitrogen and oxygen atoms in total. The highest BCUT2D eigenvalue weighted by Gasteiger charge is 2.14. The number of hydrogen-bond acceptors (Lipinski definition) is 5. The van der Waals surface area contributed by atoms with Crippen LogP contribution in [0.15, 0.2) is 36.5 Å². The number of pyridine rings is 2. The number of nitrogens with zero attached hydrogens (tertiary/aromatic N) is 3. The second kappa shape index (κ2) is 6.12. The van der Waals surface area contributed by atoms with Gasteiger partial charge >= 0.3 is 0 Å². The molecule has 2 aromatic rings. The summed E-state index contributed by atoms with van der Waals surface area (Å²) in [5.41, 5.74) is 4.57. The topological polar surface area (TPSA) is 84.1 Å². The maximum atomic E-state index is 12.4. The molecule has 1 amide bonds. The lowest BCUT2D eigenvalue weighted by atomic mass is 10.2. The van der Waals surface area contributed by atoms with Gasteiger partial charge in [-0.05, 0) is 31.2 Å². The van der Waals surface area contributed by atoms with Gasteiger partial charge in [0.15, 0.2) is 0 Å². The van der Waals surface area contributed by atoms with Gasteiger partial charge in [-0.2, -0.15) is 0 Å². The normalized spacial score (nSPS) is 10.2. The van der Waals surface area contributed by atoms with Crippen LogP contribution in [0.5, 0.6) is 0 Å². The Morgan fingerprint density at radius 2 is 2.20 bits per heavy atom. The highest BCUT2D eigenvalue weighted by Crippen LogP contribution is 2.12. The monoisotopic (exact) mass is 271 g/mol. The Kier molecular flexibility index (Phi) is 4.27. The molecule has 0 aliphatic carbocycles. The van der Waals surface area contributed by atoms with E-state index in [0.29, 0.717) is 17.9 Å². The average molecular weight is 271 g/mol. The van der Waals surface area contributed by atoms with Crippen LogP contribution in [0.4, 0.5) is 5.82 Å². The summed E-state index contributed by atoms with van der Waals surface area (Å²) in [5, 5.41) is 0. The number of carbonyl (C=O) groups excluding carboxylic acids is 1. The molecule has 0 unspecified atom stereocenters. The zero-order valence-corrected chi connectivity index (χ0v) is 11.5. The molecule has 0 aromatic carbocycles. The number of nitrogens with two attached hydrogens (primary N) is 1. The van der Waals surface area contributed by atoms with E-state index in [-0.39, 0.29) is 5.91 Å². The third-order valence-corrected chi connectivity index (χ3v) is 2.82. The van der Waals surface area contributed by atoms with Crippen molar-refractivity contribution in [3.8, 4) is 0 Å². The number of rotatable bonds is 4. The molecule has 2 aromatic heterocycles. The van der Waals surface area contributed by atoms with E-state index in [1.165, 1.54) is 0 Å². The van der Waals surface area contributed by atoms with Gasteiger partial charge in [0.1, 0.15) is 5.82 Å². The molecule has 6 heteroatoms.